The summed E-state index contributed by atoms with van der Waals surface area (Å²) in [6.45, 7) is 1.71. The molecule has 1 aromatic rings. The molecule has 0 saturated carbocycles. The van der Waals surface area contributed by atoms with Gasteiger partial charge in [-0.2, -0.15) is 0 Å². The molecule has 0 bridgehead atoms. The van der Waals surface area contributed by atoms with E-state index in [1.54, 1.807) is 0 Å². The van der Waals surface area contributed by atoms with Gasteiger partial charge in [0.15, 0.2) is 0 Å². The summed E-state index contributed by atoms with van der Waals surface area (Å²) in [5.74, 6) is -2.48. The monoisotopic (exact) mass is 267 g/mol. The van der Waals surface area contributed by atoms with E-state index in [9.17, 15) is 18.8 Å². The molecule has 6 nitrogen and oxygen atoms in total. The lowest BCUT2D eigenvalue weighted by Gasteiger charge is -2.06. The van der Waals surface area contributed by atoms with Crippen LogP contribution in [0.5, 0.6) is 0 Å². The Morgan fingerprint density at radius 1 is 1.11 bits per heavy atom. The van der Waals surface area contributed by atoms with Crippen molar-refractivity contribution in [2.24, 2.45) is 0 Å². The van der Waals surface area contributed by atoms with E-state index < -0.39 is 17.6 Å². The Kier molecular flexibility index (Phi) is 5.46. The number of nitrogens with one attached hydrogen (secondary N) is 3. The molecule has 3 amide bonds. The minimum absolute atomic E-state index is 0.134. The maximum atomic E-state index is 12.9. The number of halogens is 1. The van der Waals surface area contributed by atoms with Crippen LogP contribution < -0.4 is 16.0 Å². The molecule has 1 rings (SSSR count). The number of hydrogen-bond donors (Lipinski definition) is 3. The Morgan fingerprint density at radius 2 is 1.79 bits per heavy atom. The molecular formula is C12H14FN3O3. The number of carbonyl (C=O) groups is 3. The van der Waals surface area contributed by atoms with Gasteiger partial charge in [-0.15, -0.1) is 0 Å². The zero-order valence-electron chi connectivity index (χ0n) is 10.3. The fourth-order valence-electron chi connectivity index (χ4n) is 1.25. The second kappa shape index (κ2) is 7.10. The number of benzene rings is 1. The largest absolute Gasteiger partial charge is 0.355 e. The second-order valence-electron chi connectivity index (χ2n) is 3.70. The topological polar surface area (TPSA) is 87.3 Å². The Balaban J connectivity index is 2.36. The fourth-order valence-corrected chi connectivity index (χ4v) is 1.25. The first-order chi connectivity index (χ1) is 8.99. The van der Waals surface area contributed by atoms with Crippen molar-refractivity contribution in [3.63, 3.8) is 0 Å². The van der Waals surface area contributed by atoms with E-state index in [-0.39, 0.29) is 24.7 Å². The first kappa shape index (κ1) is 14.6. The molecule has 0 radical (unpaired) electrons. The maximum Gasteiger partial charge on any atom is 0.313 e. The highest BCUT2D eigenvalue weighted by atomic mass is 19.1. The number of hydrogen-bond acceptors (Lipinski definition) is 3. The van der Waals surface area contributed by atoms with Crippen molar-refractivity contribution in [2.45, 2.75) is 6.92 Å². The first-order valence-electron chi connectivity index (χ1n) is 5.58. The van der Waals surface area contributed by atoms with Gasteiger partial charge >= 0.3 is 11.8 Å². The predicted molar refractivity (Wildman–Crippen MR) is 66.7 cm³/mol. The van der Waals surface area contributed by atoms with Crippen LogP contribution in [0.2, 0.25) is 0 Å². The zero-order chi connectivity index (χ0) is 14.3. The van der Waals surface area contributed by atoms with Crippen LogP contribution in [0.1, 0.15) is 6.92 Å². The van der Waals surface area contributed by atoms with Crippen LogP contribution in [-0.2, 0) is 14.4 Å². The van der Waals surface area contributed by atoms with Gasteiger partial charge in [-0.05, 0) is 18.2 Å². The number of anilines is 1. The van der Waals surface area contributed by atoms with Crippen LogP contribution in [0.4, 0.5) is 10.1 Å². The van der Waals surface area contributed by atoms with Gasteiger partial charge in [0.05, 0.1) is 0 Å². The molecule has 0 heterocycles. The van der Waals surface area contributed by atoms with Crippen LogP contribution in [0.15, 0.2) is 24.3 Å². The molecule has 1 aromatic carbocycles. The van der Waals surface area contributed by atoms with E-state index in [2.05, 4.69) is 16.0 Å². The maximum absolute atomic E-state index is 12.9. The van der Waals surface area contributed by atoms with Crippen molar-refractivity contribution in [3.8, 4) is 0 Å². The molecule has 0 atom stereocenters. The fraction of sp³-hybridized carbons (Fsp3) is 0.250. The molecule has 0 aliphatic heterocycles. The van der Waals surface area contributed by atoms with Gasteiger partial charge in [-0.25, -0.2) is 4.39 Å². The van der Waals surface area contributed by atoms with E-state index in [1.165, 1.54) is 25.1 Å². The first-order valence-corrected chi connectivity index (χ1v) is 5.58. The average Bonchev–Trinajstić information content (AvgIpc) is 2.34. The van der Waals surface area contributed by atoms with Gasteiger partial charge in [-0.1, -0.05) is 6.07 Å². The third-order valence-corrected chi connectivity index (χ3v) is 2.07. The van der Waals surface area contributed by atoms with E-state index in [0.717, 1.165) is 6.07 Å². The molecule has 0 aliphatic rings. The summed E-state index contributed by atoms with van der Waals surface area (Å²) in [5, 5.41) is 7.03. The molecule has 0 unspecified atom stereocenters. The van der Waals surface area contributed by atoms with Crippen LogP contribution in [0.3, 0.4) is 0 Å². The van der Waals surface area contributed by atoms with Crippen molar-refractivity contribution >= 4 is 23.4 Å². The van der Waals surface area contributed by atoms with Crippen LogP contribution in [-0.4, -0.2) is 30.8 Å². The van der Waals surface area contributed by atoms with Gasteiger partial charge in [0.2, 0.25) is 5.91 Å². The Hall–Kier alpha value is -2.44. The van der Waals surface area contributed by atoms with Gasteiger partial charge in [-0.3, -0.25) is 14.4 Å². The Labute approximate surface area is 109 Å². The van der Waals surface area contributed by atoms with E-state index in [0.29, 0.717) is 0 Å². The minimum atomic E-state index is -0.895. The lowest BCUT2D eigenvalue weighted by molar-refractivity contribution is -0.136. The van der Waals surface area contributed by atoms with Crippen LogP contribution in [0, 0.1) is 5.82 Å². The van der Waals surface area contributed by atoms with Crippen molar-refractivity contribution in [2.75, 3.05) is 18.4 Å². The predicted octanol–water partition coefficient (Wildman–Crippen LogP) is 0.0165. The SMILES string of the molecule is CC(=O)NCCNC(=O)C(=O)Nc1cccc(F)c1. The van der Waals surface area contributed by atoms with Crippen molar-refractivity contribution in [3.05, 3.63) is 30.1 Å². The Bertz CT molecular complexity index is 491. The molecule has 19 heavy (non-hydrogen) atoms. The highest BCUT2D eigenvalue weighted by molar-refractivity contribution is 6.39. The highest BCUT2D eigenvalue weighted by Gasteiger charge is 2.13. The van der Waals surface area contributed by atoms with E-state index in [4.69, 9.17) is 0 Å². The van der Waals surface area contributed by atoms with Crippen molar-refractivity contribution < 1.29 is 18.8 Å². The highest BCUT2D eigenvalue weighted by Crippen LogP contribution is 2.08. The summed E-state index contributed by atoms with van der Waals surface area (Å²) in [4.78, 5) is 33.3. The van der Waals surface area contributed by atoms with Crippen LogP contribution in [0.25, 0.3) is 0 Å². The Morgan fingerprint density at radius 3 is 2.42 bits per heavy atom. The molecule has 0 fully saturated rings. The summed E-state index contributed by atoms with van der Waals surface area (Å²) in [7, 11) is 0. The molecule has 102 valence electrons. The molecule has 7 heteroatoms. The molecule has 0 aliphatic carbocycles. The van der Waals surface area contributed by atoms with Crippen LogP contribution >= 0.6 is 0 Å². The third kappa shape index (κ3) is 5.62. The number of carbonyl (C=O) groups excluding carboxylic acids is 3. The second-order valence-corrected chi connectivity index (χ2v) is 3.70. The van der Waals surface area contributed by atoms with Gasteiger partial charge in [0.25, 0.3) is 0 Å². The normalized spacial score (nSPS) is 9.58. The summed E-state index contributed by atoms with van der Waals surface area (Å²) in [6.07, 6.45) is 0. The average molecular weight is 267 g/mol. The molecule has 0 saturated heterocycles. The molecular weight excluding hydrogens is 253 g/mol. The summed E-state index contributed by atoms with van der Waals surface area (Å²) in [5.41, 5.74) is 0.196. The summed E-state index contributed by atoms with van der Waals surface area (Å²) in [6, 6.07) is 5.21. The van der Waals surface area contributed by atoms with Gasteiger partial charge < -0.3 is 16.0 Å². The number of amides is 3. The molecule has 3 N–H and O–H groups in total. The molecule has 0 spiro atoms. The lowest BCUT2D eigenvalue weighted by Crippen LogP contribution is -2.39. The van der Waals surface area contributed by atoms with Crippen molar-refractivity contribution in [1.29, 1.82) is 0 Å². The zero-order valence-corrected chi connectivity index (χ0v) is 10.3. The van der Waals surface area contributed by atoms with E-state index in [1.807, 2.05) is 0 Å². The van der Waals surface area contributed by atoms with E-state index >= 15 is 0 Å². The summed E-state index contributed by atoms with van der Waals surface area (Å²) < 4.78 is 12.9. The third-order valence-electron chi connectivity index (χ3n) is 2.07. The van der Waals surface area contributed by atoms with Gasteiger partial charge in [0.1, 0.15) is 5.82 Å². The standard InChI is InChI=1S/C12H14FN3O3/c1-8(17)14-5-6-15-11(18)12(19)16-10-4-2-3-9(13)7-10/h2-4,7H,5-6H2,1H3,(H,14,17)(H,15,18)(H,16,19). The number of rotatable bonds is 4. The van der Waals surface area contributed by atoms with Crippen molar-refractivity contribution in [1.82, 2.24) is 10.6 Å². The summed E-state index contributed by atoms with van der Waals surface area (Å²) >= 11 is 0. The molecule has 0 aromatic heterocycles. The minimum Gasteiger partial charge on any atom is -0.355 e. The quantitative estimate of drug-likeness (QED) is 0.531. The smallest absolute Gasteiger partial charge is 0.313 e. The van der Waals surface area contributed by atoms with Gasteiger partial charge in [0, 0.05) is 25.7 Å². The lowest BCUT2D eigenvalue weighted by atomic mass is 10.3.